The molecular formula is C11H20I-. The van der Waals surface area contributed by atoms with Crippen LogP contribution in [0.4, 0.5) is 0 Å². The fourth-order valence-corrected chi connectivity index (χ4v) is 7.00. The van der Waals surface area contributed by atoms with Crippen molar-refractivity contribution < 1.29 is 21.2 Å². The van der Waals surface area contributed by atoms with Crippen LogP contribution in [-0.2, 0) is 0 Å². The van der Waals surface area contributed by atoms with Gasteiger partial charge in [-0.2, -0.15) is 0 Å². The third-order valence-electron chi connectivity index (χ3n) is 3.57. The van der Waals surface area contributed by atoms with Crippen molar-refractivity contribution in [2.45, 2.75) is 45.4 Å². The van der Waals surface area contributed by atoms with Crippen LogP contribution in [0, 0.1) is 11.3 Å². The molecule has 72 valence electrons. The fourth-order valence-electron chi connectivity index (χ4n) is 2.83. The molecule has 1 heteroatoms. The molecule has 2 atom stereocenters. The van der Waals surface area contributed by atoms with Gasteiger partial charge in [0.1, 0.15) is 0 Å². The standard InChI is InChI=1S/C11H20I/c1-2-3-5-11-6-4-10(7-11)8-12-9-11/h10H,2-9H2,1H3/q-1. The van der Waals surface area contributed by atoms with E-state index >= 15 is 0 Å². The van der Waals surface area contributed by atoms with Crippen molar-refractivity contribution in [3.63, 3.8) is 0 Å². The van der Waals surface area contributed by atoms with Crippen LogP contribution in [-0.4, -0.2) is 8.86 Å². The Morgan fingerprint density at radius 1 is 1.50 bits per heavy atom. The third kappa shape index (κ3) is 1.80. The molecular weight excluding hydrogens is 259 g/mol. The predicted octanol–water partition coefficient (Wildman–Crippen LogP) is 0.0657. The minimum atomic E-state index is 0.630. The molecule has 1 saturated heterocycles. The minimum absolute atomic E-state index is 0.630. The number of hydrogen-bond acceptors (Lipinski definition) is 0. The van der Waals surface area contributed by atoms with Crippen molar-refractivity contribution in [3.05, 3.63) is 0 Å². The first kappa shape index (κ1) is 9.29. The summed E-state index contributed by atoms with van der Waals surface area (Å²) in [7, 11) is 0. The Balaban J connectivity index is 1.91. The van der Waals surface area contributed by atoms with E-state index in [-0.39, 0.29) is 0 Å². The van der Waals surface area contributed by atoms with Gasteiger partial charge in [0, 0.05) is 0 Å². The first-order chi connectivity index (χ1) is 5.85. The van der Waals surface area contributed by atoms with E-state index in [1.165, 1.54) is 18.8 Å². The SMILES string of the molecule is CCCCC12CCC(C[I-]C1)C2. The fraction of sp³-hybridized carbons (Fsp3) is 1.00. The Hall–Kier alpha value is 0.730. The molecule has 0 spiro atoms. The molecule has 1 saturated carbocycles. The van der Waals surface area contributed by atoms with E-state index in [0.717, 1.165) is 5.41 Å². The molecule has 2 unspecified atom stereocenters. The molecule has 1 aliphatic heterocycles. The predicted molar refractivity (Wildman–Crippen MR) is 49.0 cm³/mol. The van der Waals surface area contributed by atoms with Gasteiger partial charge in [0.05, 0.1) is 0 Å². The number of halogens is 1. The molecule has 2 fully saturated rings. The molecule has 0 aromatic rings. The molecule has 0 aromatic carbocycles. The van der Waals surface area contributed by atoms with Crippen LogP contribution < -0.4 is 21.2 Å². The van der Waals surface area contributed by atoms with Crippen LogP contribution in [0.25, 0.3) is 0 Å². The van der Waals surface area contributed by atoms with Crippen molar-refractivity contribution in [1.82, 2.24) is 0 Å². The van der Waals surface area contributed by atoms with Gasteiger partial charge in [-0.25, -0.2) is 0 Å². The van der Waals surface area contributed by atoms with Crippen molar-refractivity contribution in [1.29, 1.82) is 0 Å². The average Bonchev–Trinajstić information content (AvgIpc) is 2.40. The zero-order chi connectivity index (χ0) is 8.44. The second-order valence-corrected chi connectivity index (χ2v) is 7.41. The second-order valence-electron chi connectivity index (χ2n) is 4.69. The summed E-state index contributed by atoms with van der Waals surface area (Å²) in [6.07, 6.45) is 9.27. The summed E-state index contributed by atoms with van der Waals surface area (Å²) >= 11 is 0.630. The van der Waals surface area contributed by atoms with E-state index < -0.39 is 0 Å². The summed E-state index contributed by atoms with van der Waals surface area (Å²) in [5.74, 6) is 1.18. The van der Waals surface area contributed by atoms with E-state index in [4.69, 9.17) is 0 Å². The zero-order valence-corrected chi connectivity index (χ0v) is 10.3. The van der Waals surface area contributed by atoms with Crippen LogP contribution in [0.3, 0.4) is 0 Å². The summed E-state index contributed by atoms with van der Waals surface area (Å²) in [6.45, 7) is 2.33. The van der Waals surface area contributed by atoms with Gasteiger partial charge in [-0.1, -0.05) is 0 Å². The third-order valence-corrected chi connectivity index (χ3v) is 7.60. The molecule has 0 radical (unpaired) electrons. The van der Waals surface area contributed by atoms with E-state index in [1.54, 1.807) is 34.5 Å². The normalized spacial score (nSPS) is 40.9. The second kappa shape index (κ2) is 3.85. The quantitative estimate of drug-likeness (QED) is 0.506. The molecule has 0 amide bonds. The molecule has 0 aromatic heterocycles. The molecule has 0 N–H and O–H groups in total. The molecule has 12 heavy (non-hydrogen) atoms. The van der Waals surface area contributed by atoms with E-state index in [1.807, 2.05) is 0 Å². The Morgan fingerprint density at radius 2 is 2.42 bits per heavy atom. The zero-order valence-electron chi connectivity index (χ0n) is 8.11. The maximum atomic E-state index is 2.33. The summed E-state index contributed by atoms with van der Waals surface area (Å²) in [5.41, 5.74) is 0.895. The first-order valence-electron chi connectivity index (χ1n) is 5.38. The van der Waals surface area contributed by atoms with Gasteiger partial charge in [-0.15, -0.1) is 0 Å². The van der Waals surface area contributed by atoms with Crippen LogP contribution >= 0.6 is 0 Å². The van der Waals surface area contributed by atoms with E-state index in [9.17, 15) is 0 Å². The number of hydrogen-bond donors (Lipinski definition) is 0. The number of alkyl halides is 2. The van der Waals surface area contributed by atoms with Gasteiger partial charge in [0.2, 0.25) is 0 Å². The van der Waals surface area contributed by atoms with Gasteiger partial charge in [0.25, 0.3) is 0 Å². The molecule has 2 bridgehead atoms. The number of unbranched alkanes of at least 4 members (excludes halogenated alkanes) is 1. The van der Waals surface area contributed by atoms with Crippen LogP contribution in [0.5, 0.6) is 0 Å². The van der Waals surface area contributed by atoms with Gasteiger partial charge in [-0.05, 0) is 0 Å². The van der Waals surface area contributed by atoms with Gasteiger partial charge < -0.3 is 0 Å². The number of rotatable bonds is 3. The summed E-state index contributed by atoms with van der Waals surface area (Å²) < 4.78 is 3.33. The maximum absolute atomic E-state index is 2.33. The molecule has 1 aliphatic carbocycles. The Morgan fingerprint density at radius 3 is 3.25 bits per heavy atom. The molecule has 2 aliphatic rings. The molecule has 1 heterocycles. The van der Waals surface area contributed by atoms with Crippen molar-refractivity contribution in [2.24, 2.45) is 11.3 Å². The van der Waals surface area contributed by atoms with Crippen molar-refractivity contribution in [2.75, 3.05) is 8.86 Å². The van der Waals surface area contributed by atoms with Crippen LogP contribution in [0.1, 0.15) is 45.4 Å². The first-order valence-corrected chi connectivity index (χ1v) is 8.43. The Kier molecular flexibility index (Phi) is 2.98. The van der Waals surface area contributed by atoms with Crippen LogP contribution in [0.2, 0.25) is 0 Å². The van der Waals surface area contributed by atoms with E-state index in [0.29, 0.717) is 21.2 Å². The monoisotopic (exact) mass is 279 g/mol. The molecule has 2 rings (SSSR count). The van der Waals surface area contributed by atoms with Crippen molar-refractivity contribution in [3.8, 4) is 0 Å². The van der Waals surface area contributed by atoms with Crippen LogP contribution in [0.15, 0.2) is 0 Å². The average molecular weight is 279 g/mol. The number of fused-ring (bicyclic) bond motifs is 2. The summed E-state index contributed by atoms with van der Waals surface area (Å²) in [5, 5.41) is 0. The topological polar surface area (TPSA) is 0 Å². The van der Waals surface area contributed by atoms with Crippen molar-refractivity contribution >= 4 is 0 Å². The van der Waals surface area contributed by atoms with Gasteiger partial charge in [0.15, 0.2) is 0 Å². The van der Waals surface area contributed by atoms with E-state index in [2.05, 4.69) is 6.92 Å². The summed E-state index contributed by atoms with van der Waals surface area (Å²) in [6, 6.07) is 0. The molecule has 0 nitrogen and oxygen atoms in total. The van der Waals surface area contributed by atoms with Gasteiger partial charge >= 0.3 is 86.8 Å². The Labute approximate surface area is 86.8 Å². The Bertz CT molecular complexity index is 151. The summed E-state index contributed by atoms with van der Waals surface area (Å²) in [4.78, 5) is 0. The van der Waals surface area contributed by atoms with Gasteiger partial charge in [-0.3, -0.25) is 0 Å².